The summed E-state index contributed by atoms with van der Waals surface area (Å²) in [5.74, 6) is -0.450. The number of allylic oxidation sites excluding steroid dienone is 1. The molecule has 1 aliphatic carbocycles. The predicted octanol–water partition coefficient (Wildman–Crippen LogP) is 2.17. The maximum absolute atomic E-state index is 11.1. The van der Waals surface area contributed by atoms with Crippen molar-refractivity contribution in [2.75, 3.05) is 0 Å². The van der Waals surface area contributed by atoms with Gasteiger partial charge in [0.25, 0.3) is 0 Å². The van der Waals surface area contributed by atoms with Gasteiger partial charge in [-0.3, -0.25) is 9.59 Å². The highest BCUT2D eigenvalue weighted by Gasteiger charge is 2.47. The zero-order valence-corrected chi connectivity index (χ0v) is 12.2. The largest absolute Gasteiger partial charge is 0.458 e. The molecule has 0 aliphatic heterocycles. The van der Waals surface area contributed by atoms with Crippen molar-refractivity contribution >= 4 is 11.8 Å². The lowest BCUT2D eigenvalue weighted by Gasteiger charge is -2.46. The van der Waals surface area contributed by atoms with Gasteiger partial charge in [-0.15, -0.1) is 0 Å². The number of hydrogen-bond donors (Lipinski definition) is 1. The number of ether oxygens (including phenoxy) is 1. The Hall–Kier alpha value is -1.42. The summed E-state index contributed by atoms with van der Waals surface area (Å²) in [6.45, 7) is 8.37. The number of ketones is 1. The molecule has 1 rings (SSSR count). The second-order valence-corrected chi connectivity index (χ2v) is 5.80. The Bertz CT molecular complexity index is 445. The summed E-state index contributed by atoms with van der Waals surface area (Å²) in [5.41, 5.74) is -1.04. The molecule has 0 unspecified atom stereocenters. The summed E-state index contributed by atoms with van der Waals surface area (Å²) in [6.07, 6.45) is 4.83. The highest BCUT2D eigenvalue weighted by molar-refractivity contribution is 5.87. The van der Waals surface area contributed by atoms with Crippen LogP contribution in [0.25, 0.3) is 0 Å². The van der Waals surface area contributed by atoms with Gasteiger partial charge < -0.3 is 9.84 Å². The van der Waals surface area contributed by atoms with Gasteiger partial charge in [0, 0.05) is 12.3 Å². The first kappa shape index (κ1) is 15.6. The lowest BCUT2D eigenvalue weighted by molar-refractivity contribution is -0.147. The van der Waals surface area contributed by atoms with Crippen LogP contribution in [-0.2, 0) is 14.3 Å². The summed E-state index contributed by atoms with van der Waals surface area (Å²) in [5, 5.41) is 10.8. The van der Waals surface area contributed by atoms with Gasteiger partial charge in [-0.1, -0.05) is 13.8 Å². The van der Waals surface area contributed by atoms with Crippen LogP contribution in [0, 0.1) is 5.41 Å². The number of rotatable bonds is 3. The van der Waals surface area contributed by atoms with Crippen molar-refractivity contribution in [3.8, 4) is 0 Å². The van der Waals surface area contributed by atoms with Crippen LogP contribution in [-0.4, -0.2) is 28.6 Å². The molecule has 0 fully saturated rings. The molecule has 0 spiro atoms. The summed E-state index contributed by atoms with van der Waals surface area (Å²) in [4.78, 5) is 22.1. The summed E-state index contributed by atoms with van der Waals surface area (Å²) >= 11 is 0. The quantitative estimate of drug-likeness (QED) is 0.483. The van der Waals surface area contributed by atoms with Crippen LogP contribution in [0.5, 0.6) is 0 Å². The molecule has 0 aromatic carbocycles. The van der Waals surface area contributed by atoms with Gasteiger partial charge in [0.2, 0.25) is 0 Å². The Morgan fingerprint density at radius 3 is 2.42 bits per heavy atom. The fraction of sp³-hybridized carbons (Fsp3) is 0.600. The molecule has 0 radical (unpaired) electrons. The molecular formula is C15H22O4. The summed E-state index contributed by atoms with van der Waals surface area (Å²) in [7, 11) is 0. The van der Waals surface area contributed by atoms with Crippen molar-refractivity contribution in [1.82, 2.24) is 0 Å². The van der Waals surface area contributed by atoms with E-state index < -0.39 is 11.0 Å². The number of carbonyl (C=O) groups is 2. The predicted molar refractivity (Wildman–Crippen MR) is 72.5 cm³/mol. The highest BCUT2D eigenvalue weighted by Crippen LogP contribution is 2.45. The third kappa shape index (κ3) is 3.32. The molecule has 0 saturated heterocycles. The average Bonchev–Trinajstić information content (AvgIpc) is 2.21. The number of aliphatic hydroxyl groups is 1. The Labute approximate surface area is 114 Å². The van der Waals surface area contributed by atoms with E-state index in [1.807, 2.05) is 13.8 Å². The van der Waals surface area contributed by atoms with Crippen molar-refractivity contribution in [2.24, 2.45) is 5.41 Å². The highest BCUT2D eigenvalue weighted by atomic mass is 16.5. The van der Waals surface area contributed by atoms with Gasteiger partial charge in [-0.25, -0.2) is 0 Å². The lowest BCUT2D eigenvalue weighted by atomic mass is 9.64. The first-order chi connectivity index (χ1) is 8.58. The van der Waals surface area contributed by atoms with Gasteiger partial charge in [-0.05, 0) is 44.1 Å². The van der Waals surface area contributed by atoms with Crippen molar-refractivity contribution in [3.05, 3.63) is 23.8 Å². The van der Waals surface area contributed by atoms with Crippen molar-refractivity contribution in [3.63, 3.8) is 0 Å². The molecule has 4 nitrogen and oxygen atoms in total. The van der Waals surface area contributed by atoms with E-state index in [0.717, 1.165) is 0 Å². The molecule has 4 heteroatoms. The fourth-order valence-electron chi connectivity index (χ4n) is 2.54. The average molecular weight is 266 g/mol. The van der Waals surface area contributed by atoms with E-state index in [-0.39, 0.29) is 17.9 Å². The van der Waals surface area contributed by atoms with Crippen LogP contribution in [0.1, 0.15) is 41.0 Å². The van der Waals surface area contributed by atoms with Crippen LogP contribution in [0.3, 0.4) is 0 Å². The Kier molecular flexibility index (Phi) is 4.35. The molecule has 0 saturated carbocycles. The van der Waals surface area contributed by atoms with Crippen LogP contribution in [0.4, 0.5) is 0 Å². The lowest BCUT2D eigenvalue weighted by Crippen LogP contribution is -2.49. The molecule has 1 aliphatic rings. The van der Waals surface area contributed by atoms with E-state index in [1.54, 1.807) is 13.0 Å². The van der Waals surface area contributed by atoms with Gasteiger partial charge in [-0.2, -0.15) is 0 Å². The van der Waals surface area contributed by atoms with Crippen LogP contribution >= 0.6 is 0 Å². The first-order valence-electron chi connectivity index (χ1n) is 6.37. The minimum absolute atomic E-state index is 0.112. The molecule has 0 heterocycles. The molecule has 106 valence electrons. The molecular weight excluding hydrogens is 244 g/mol. The Balaban J connectivity index is 3.12. The maximum Gasteiger partial charge on any atom is 0.303 e. The van der Waals surface area contributed by atoms with Gasteiger partial charge in [0.05, 0.1) is 0 Å². The van der Waals surface area contributed by atoms with Crippen molar-refractivity contribution in [2.45, 2.75) is 52.7 Å². The zero-order valence-electron chi connectivity index (χ0n) is 12.2. The molecule has 0 amide bonds. The van der Waals surface area contributed by atoms with Crippen LogP contribution in [0.2, 0.25) is 0 Å². The van der Waals surface area contributed by atoms with Gasteiger partial charge in [0.1, 0.15) is 11.7 Å². The summed E-state index contributed by atoms with van der Waals surface area (Å²) < 4.78 is 5.20. The van der Waals surface area contributed by atoms with E-state index in [9.17, 15) is 14.7 Å². The Morgan fingerprint density at radius 2 is 2.00 bits per heavy atom. The first-order valence-corrected chi connectivity index (χ1v) is 6.37. The minimum Gasteiger partial charge on any atom is -0.458 e. The van der Waals surface area contributed by atoms with E-state index in [1.165, 1.54) is 26.0 Å². The molecule has 0 aromatic heterocycles. The standard InChI is InChI=1S/C15H22O4/c1-10-8-13(19-12(3)17)9-14(4,5)15(10,18)7-6-11(2)16/h6-8,13,18H,9H2,1-5H3/b7-6+/t13-,15-/m0/s1. The van der Waals surface area contributed by atoms with E-state index in [4.69, 9.17) is 4.74 Å². The van der Waals surface area contributed by atoms with Crippen molar-refractivity contribution < 1.29 is 19.4 Å². The van der Waals surface area contributed by atoms with Gasteiger partial charge >= 0.3 is 5.97 Å². The van der Waals surface area contributed by atoms with E-state index in [2.05, 4.69) is 0 Å². The SMILES string of the molecule is CC(=O)/C=C/[C@]1(O)C(C)=C[C@H](OC(C)=O)CC1(C)C. The normalized spacial score (nSPS) is 30.0. The minimum atomic E-state index is -1.20. The Morgan fingerprint density at radius 1 is 1.42 bits per heavy atom. The maximum atomic E-state index is 11.1. The second kappa shape index (κ2) is 5.29. The smallest absolute Gasteiger partial charge is 0.303 e. The second-order valence-electron chi connectivity index (χ2n) is 5.80. The van der Waals surface area contributed by atoms with Crippen LogP contribution < -0.4 is 0 Å². The van der Waals surface area contributed by atoms with Crippen molar-refractivity contribution in [1.29, 1.82) is 0 Å². The third-order valence-electron chi connectivity index (χ3n) is 3.66. The van der Waals surface area contributed by atoms with E-state index >= 15 is 0 Å². The molecule has 1 N–H and O–H groups in total. The number of carbonyl (C=O) groups excluding carboxylic acids is 2. The molecule has 0 bridgehead atoms. The molecule has 2 atom stereocenters. The summed E-state index contributed by atoms with van der Waals surface area (Å²) in [6, 6.07) is 0. The molecule has 0 aromatic rings. The van der Waals surface area contributed by atoms with E-state index in [0.29, 0.717) is 12.0 Å². The monoisotopic (exact) mass is 266 g/mol. The number of esters is 1. The zero-order chi connectivity index (χ0) is 14.8. The molecule has 19 heavy (non-hydrogen) atoms. The fourth-order valence-corrected chi connectivity index (χ4v) is 2.54. The van der Waals surface area contributed by atoms with Crippen LogP contribution in [0.15, 0.2) is 23.8 Å². The third-order valence-corrected chi connectivity index (χ3v) is 3.66. The van der Waals surface area contributed by atoms with Gasteiger partial charge in [0.15, 0.2) is 5.78 Å². The topological polar surface area (TPSA) is 63.6 Å². The number of hydrogen-bond acceptors (Lipinski definition) is 4.